The summed E-state index contributed by atoms with van der Waals surface area (Å²) in [7, 11) is 0. The molecule has 2 amide bonds. The van der Waals surface area contributed by atoms with Crippen LogP contribution in [0.5, 0.6) is 5.75 Å². The molecule has 0 aromatic heterocycles. The number of carbonyl (C=O) groups is 2. The Morgan fingerprint density at radius 1 is 1.00 bits per heavy atom. The second-order valence-electron chi connectivity index (χ2n) is 5.72. The Hall–Kier alpha value is -4.39. The average molecular weight is 445 g/mol. The fourth-order valence-electron chi connectivity index (χ4n) is 2.07. The largest absolute Gasteiger partial charge is 0.484 e. The van der Waals surface area contributed by atoms with Gasteiger partial charge in [0.25, 0.3) is 17.3 Å². The van der Waals surface area contributed by atoms with Gasteiger partial charge in [-0.25, -0.2) is 0 Å². The summed E-state index contributed by atoms with van der Waals surface area (Å²) in [5, 5.41) is 23.4. The van der Waals surface area contributed by atoms with Gasteiger partial charge in [-0.2, -0.15) is 0 Å². The zero-order chi connectivity index (χ0) is 22.8. The van der Waals surface area contributed by atoms with Gasteiger partial charge in [-0.05, 0) is 36.0 Å². The normalized spacial score (nSPS) is 10.2. The molecule has 0 saturated heterocycles. The van der Waals surface area contributed by atoms with Crippen LogP contribution in [0.1, 0.15) is 5.56 Å². The van der Waals surface area contributed by atoms with E-state index in [1.54, 1.807) is 6.07 Å². The molecule has 0 aliphatic rings. The standard InChI is InChI=1S/C18H15N5O7S/c24-16(9-4-12-2-1-3-14(10-12)23(28)29)19-18(31)21-20-17(25)11-30-15-7-5-13(6-8-15)22(26)27/h1-10H,11H2,(H,20,25)(H2,19,21,24,31)/b9-4+. The van der Waals surface area contributed by atoms with Gasteiger partial charge in [-0.1, -0.05) is 12.1 Å². The predicted octanol–water partition coefficient (Wildman–Crippen LogP) is 1.62. The second-order valence-corrected chi connectivity index (χ2v) is 6.12. The van der Waals surface area contributed by atoms with E-state index in [2.05, 4.69) is 16.2 Å². The van der Waals surface area contributed by atoms with Crippen LogP contribution < -0.4 is 20.9 Å². The molecule has 0 bridgehead atoms. The molecule has 3 N–H and O–H groups in total. The number of hydrogen-bond acceptors (Lipinski definition) is 8. The highest BCUT2D eigenvalue weighted by Gasteiger charge is 2.08. The predicted molar refractivity (Wildman–Crippen MR) is 113 cm³/mol. The van der Waals surface area contributed by atoms with E-state index < -0.39 is 28.3 Å². The minimum absolute atomic E-state index is 0.112. The van der Waals surface area contributed by atoms with E-state index >= 15 is 0 Å². The molecule has 160 valence electrons. The lowest BCUT2D eigenvalue weighted by atomic mass is 10.2. The molecule has 0 saturated carbocycles. The van der Waals surface area contributed by atoms with Crippen LogP contribution in [0.4, 0.5) is 11.4 Å². The molecule has 2 rings (SSSR count). The lowest BCUT2D eigenvalue weighted by Gasteiger charge is -2.10. The molecule has 0 aliphatic heterocycles. The summed E-state index contributed by atoms with van der Waals surface area (Å²) in [5.41, 5.74) is 4.73. The Labute approximate surface area is 180 Å². The van der Waals surface area contributed by atoms with Gasteiger partial charge in [0.1, 0.15) is 5.75 Å². The van der Waals surface area contributed by atoms with Gasteiger partial charge in [0.15, 0.2) is 11.7 Å². The van der Waals surface area contributed by atoms with Gasteiger partial charge in [0.05, 0.1) is 9.85 Å². The van der Waals surface area contributed by atoms with Gasteiger partial charge in [-0.3, -0.25) is 46.0 Å². The van der Waals surface area contributed by atoms with Crippen molar-refractivity contribution in [1.82, 2.24) is 16.2 Å². The number of benzene rings is 2. The lowest BCUT2D eigenvalue weighted by molar-refractivity contribution is -0.385. The SMILES string of the molecule is O=C(/C=C/c1cccc([N+](=O)[O-])c1)NC(=S)NNC(=O)COc1ccc([N+](=O)[O-])cc1. The van der Waals surface area contributed by atoms with Gasteiger partial charge in [0.2, 0.25) is 5.91 Å². The first-order valence-corrected chi connectivity index (χ1v) is 8.85. The summed E-state index contributed by atoms with van der Waals surface area (Å²) in [6.45, 7) is -0.409. The monoisotopic (exact) mass is 445 g/mol. The molecule has 0 spiro atoms. The number of amides is 2. The Kier molecular flexibility index (Phi) is 8.10. The highest BCUT2D eigenvalue weighted by molar-refractivity contribution is 7.80. The number of nitrogens with zero attached hydrogens (tertiary/aromatic N) is 2. The number of carbonyl (C=O) groups excluding carboxylic acids is 2. The smallest absolute Gasteiger partial charge is 0.276 e. The third-order valence-corrected chi connectivity index (χ3v) is 3.68. The summed E-state index contributed by atoms with van der Waals surface area (Å²) in [4.78, 5) is 43.8. The van der Waals surface area contributed by atoms with Crippen molar-refractivity contribution in [3.05, 3.63) is 80.4 Å². The van der Waals surface area contributed by atoms with Gasteiger partial charge in [0, 0.05) is 30.3 Å². The van der Waals surface area contributed by atoms with E-state index in [0.29, 0.717) is 5.56 Å². The first kappa shape index (κ1) is 22.9. The highest BCUT2D eigenvalue weighted by Crippen LogP contribution is 2.17. The molecule has 31 heavy (non-hydrogen) atoms. The molecule has 0 aliphatic carbocycles. The van der Waals surface area contributed by atoms with Crippen LogP contribution in [0.15, 0.2) is 54.6 Å². The van der Waals surface area contributed by atoms with Crippen LogP contribution in [-0.2, 0) is 9.59 Å². The zero-order valence-corrected chi connectivity index (χ0v) is 16.5. The molecule has 13 heteroatoms. The van der Waals surface area contributed by atoms with Gasteiger partial charge >= 0.3 is 0 Å². The molecular weight excluding hydrogens is 430 g/mol. The number of nitrogens with one attached hydrogen (secondary N) is 3. The maximum absolute atomic E-state index is 11.8. The molecule has 0 unspecified atom stereocenters. The van der Waals surface area contributed by atoms with Gasteiger partial charge in [-0.15, -0.1) is 0 Å². The number of hydrogen-bond donors (Lipinski definition) is 3. The van der Waals surface area contributed by atoms with E-state index in [-0.39, 0.29) is 22.2 Å². The lowest BCUT2D eigenvalue weighted by Crippen LogP contribution is -2.49. The highest BCUT2D eigenvalue weighted by atomic mass is 32.1. The van der Waals surface area contributed by atoms with Crippen molar-refractivity contribution < 1.29 is 24.2 Å². The molecule has 12 nitrogen and oxygen atoms in total. The minimum Gasteiger partial charge on any atom is -0.484 e. The Bertz CT molecular complexity index is 1040. The summed E-state index contributed by atoms with van der Waals surface area (Å²) in [6, 6.07) is 10.8. The van der Waals surface area contributed by atoms with Crippen molar-refractivity contribution in [2.24, 2.45) is 0 Å². The molecule has 0 fully saturated rings. The Balaban J connectivity index is 1.73. The van der Waals surface area contributed by atoms with Crippen molar-refractivity contribution in [3.8, 4) is 5.75 Å². The summed E-state index contributed by atoms with van der Waals surface area (Å²) >= 11 is 4.87. The van der Waals surface area contributed by atoms with E-state index in [1.165, 1.54) is 48.5 Å². The first-order chi connectivity index (χ1) is 14.7. The summed E-state index contributed by atoms with van der Waals surface area (Å²) in [6.07, 6.45) is 2.48. The zero-order valence-electron chi connectivity index (χ0n) is 15.6. The number of hydrazine groups is 1. The van der Waals surface area contributed by atoms with Crippen LogP contribution in [0.3, 0.4) is 0 Å². The van der Waals surface area contributed by atoms with Crippen LogP contribution in [0, 0.1) is 20.2 Å². The number of non-ortho nitro benzene ring substituents is 2. The van der Waals surface area contributed by atoms with Crippen molar-refractivity contribution in [2.45, 2.75) is 0 Å². The second kappa shape index (κ2) is 11.0. The third kappa shape index (κ3) is 7.86. The molecule has 0 atom stereocenters. The molecular formula is C18H15N5O7S. The van der Waals surface area contributed by atoms with Crippen molar-refractivity contribution in [3.63, 3.8) is 0 Å². The maximum atomic E-state index is 11.8. The maximum Gasteiger partial charge on any atom is 0.276 e. The number of thiocarbonyl (C=S) groups is 1. The van der Waals surface area contributed by atoms with Crippen LogP contribution >= 0.6 is 12.2 Å². The molecule has 0 radical (unpaired) electrons. The Morgan fingerprint density at radius 3 is 2.32 bits per heavy atom. The average Bonchev–Trinajstić information content (AvgIpc) is 2.75. The van der Waals surface area contributed by atoms with E-state index in [1.807, 2.05) is 0 Å². The fraction of sp³-hybridized carbons (Fsp3) is 0.0556. The summed E-state index contributed by atoms with van der Waals surface area (Å²) < 4.78 is 5.17. The quantitative estimate of drug-likeness (QED) is 0.248. The van der Waals surface area contributed by atoms with Crippen LogP contribution in [-0.4, -0.2) is 33.4 Å². The number of rotatable bonds is 7. The molecule has 0 heterocycles. The number of nitro benzene ring substituents is 2. The Morgan fingerprint density at radius 2 is 1.68 bits per heavy atom. The van der Waals surface area contributed by atoms with Gasteiger partial charge < -0.3 is 4.74 Å². The fourth-order valence-corrected chi connectivity index (χ4v) is 2.23. The third-order valence-electron chi connectivity index (χ3n) is 3.48. The van der Waals surface area contributed by atoms with Crippen LogP contribution in [0.25, 0.3) is 6.08 Å². The molecule has 2 aromatic carbocycles. The minimum atomic E-state index is -0.625. The summed E-state index contributed by atoms with van der Waals surface area (Å²) in [5.74, 6) is -0.995. The molecule has 2 aromatic rings. The topological polar surface area (TPSA) is 166 Å². The van der Waals surface area contributed by atoms with E-state index in [0.717, 1.165) is 6.08 Å². The first-order valence-electron chi connectivity index (χ1n) is 8.44. The number of nitro groups is 2. The van der Waals surface area contributed by atoms with Crippen molar-refractivity contribution in [2.75, 3.05) is 6.61 Å². The van der Waals surface area contributed by atoms with Crippen molar-refractivity contribution >= 4 is 46.6 Å². The van der Waals surface area contributed by atoms with E-state index in [4.69, 9.17) is 17.0 Å². The van der Waals surface area contributed by atoms with Crippen molar-refractivity contribution in [1.29, 1.82) is 0 Å². The van der Waals surface area contributed by atoms with Crippen LogP contribution in [0.2, 0.25) is 0 Å². The number of ether oxygens (including phenoxy) is 1. The van der Waals surface area contributed by atoms with E-state index in [9.17, 15) is 29.8 Å².